The fraction of sp³-hybridized carbons (Fsp3) is 0.235. The van der Waals surface area contributed by atoms with Crippen molar-refractivity contribution in [2.24, 2.45) is 5.92 Å². The Morgan fingerprint density at radius 1 is 1.12 bits per heavy atom. The molecule has 0 aliphatic rings. The number of nitrogens with one attached hydrogen (secondary N) is 2. The number of oxazole rings is 1. The maximum absolute atomic E-state index is 12.5. The topological polar surface area (TPSA) is 92.2 Å². The third-order valence-corrected chi connectivity index (χ3v) is 4.95. The predicted molar refractivity (Wildman–Crippen MR) is 92.6 cm³/mol. The fourth-order valence-corrected chi connectivity index (χ4v) is 3.55. The molecule has 0 radical (unpaired) electrons. The monoisotopic (exact) mass is 346 g/mol. The number of benzene rings is 2. The highest BCUT2D eigenvalue weighted by Crippen LogP contribution is 2.21. The molecule has 2 aromatic carbocycles. The largest absolute Gasteiger partial charge is 0.417 e. The molecule has 0 amide bonds. The predicted octanol–water partition coefficient (Wildman–Crippen LogP) is 3.12. The summed E-state index contributed by atoms with van der Waals surface area (Å²) in [5.41, 5.74) is 2.24. The van der Waals surface area contributed by atoms with E-state index in [1.165, 1.54) is 6.07 Å². The number of H-pyrrole nitrogens is 1. The van der Waals surface area contributed by atoms with Crippen LogP contribution in [0.2, 0.25) is 0 Å². The van der Waals surface area contributed by atoms with E-state index in [1.54, 1.807) is 24.3 Å². The lowest BCUT2D eigenvalue weighted by Gasteiger charge is -2.09. The SMILES string of the molecule is CC(C)Cc1ccc(S(=O)(=O)Nc2ccc3[nH]c(=O)oc3c2)cc1. The summed E-state index contributed by atoms with van der Waals surface area (Å²) < 4.78 is 32.4. The summed E-state index contributed by atoms with van der Waals surface area (Å²) in [6.07, 6.45) is 0.900. The maximum atomic E-state index is 12.5. The molecule has 0 bridgehead atoms. The molecule has 2 N–H and O–H groups in total. The minimum Gasteiger partial charge on any atom is -0.408 e. The molecule has 0 aliphatic carbocycles. The summed E-state index contributed by atoms with van der Waals surface area (Å²) >= 11 is 0. The quantitative estimate of drug-likeness (QED) is 0.742. The van der Waals surface area contributed by atoms with Crippen LogP contribution in [0.3, 0.4) is 0 Å². The molecule has 126 valence electrons. The van der Waals surface area contributed by atoms with Crippen LogP contribution in [0.1, 0.15) is 19.4 Å². The standard InChI is InChI=1S/C17H18N2O4S/c1-11(2)9-12-3-6-14(7-4-12)24(21,22)19-13-5-8-15-16(10-13)23-17(20)18-15/h3-8,10-11,19H,9H2,1-2H3,(H,18,20). The van der Waals surface area contributed by atoms with Gasteiger partial charge >= 0.3 is 5.76 Å². The molecule has 0 aliphatic heterocycles. The summed E-state index contributed by atoms with van der Waals surface area (Å²) in [5, 5.41) is 0. The smallest absolute Gasteiger partial charge is 0.408 e. The van der Waals surface area contributed by atoms with Gasteiger partial charge in [0.1, 0.15) is 0 Å². The van der Waals surface area contributed by atoms with Crippen LogP contribution in [0.5, 0.6) is 0 Å². The van der Waals surface area contributed by atoms with E-state index in [0.29, 0.717) is 22.7 Å². The van der Waals surface area contributed by atoms with Crippen LogP contribution < -0.4 is 10.5 Å². The maximum Gasteiger partial charge on any atom is 0.417 e. The molecule has 7 heteroatoms. The molecule has 0 unspecified atom stereocenters. The number of aromatic amines is 1. The molecule has 0 saturated carbocycles. The van der Waals surface area contributed by atoms with Crippen molar-refractivity contribution in [3.8, 4) is 0 Å². The van der Waals surface area contributed by atoms with E-state index < -0.39 is 15.8 Å². The van der Waals surface area contributed by atoms with Crippen LogP contribution in [-0.4, -0.2) is 13.4 Å². The van der Waals surface area contributed by atoms with Crippen molar-refractivity contribution in [3.63, 3.8) is 0 Å². The van der Waals surface area contributed by atoms with Gasteiger partial charge in [0.2, 0.25) is 0 Å². The Morgan fingerprint density at radius 2 is 1.83 bits per heavy atom. The lowest BCUT2D eigenvalue weighted by atomic mass is 10.0. The van der Waals surface area contributed by atoms with E-state index in [1.807, 2.05) is 12.1 Å². The van der Waals surface area contributed by atoms with Crippen molar-refractivity contribution in [3.05, 3.63) is 58.6 Å². The molecule has 3 aromatic rings. The van der Waals surface area contributed by atoms with Gasteiger partial charge in [-0.05, 0) is 42.2 Å². The molecule has 0 atom stereocenters. The van der Waals surface area contributed by atoms with Gasteiger partial charge < -0.3 is 4.42 Å². The normalized spacial score (nSPS) is 12.0. The third kappa shape index (κ3) is 3.51. The van der Waals surface area contributed by atoms with Crippen LogP contribution >= 0.6 is 0 Å². The van der Waals surface area contributed by atoms with E-state index in [9.17, 15) is 13.2 Å². The summed E-state index contributed by atoms with van der Waals surface area (Å²) in [5.74, 6) is -0.0703. The summed E-state index contributed by atoms with van der Waals surface area (Å²) in [7, 11) is -3.70. The highest BCUT2D eigenvalue weighted by Gasteiger charge is 2.15. The molecule has 1 aromatic heterocycles. The molecule has 0 spiro atoms. The van der Waals surface area contributed by atoms with Crippen LogP contribution in [0.25, 0.3) is 11.1 Å². The van der Waals surface area contributed by atoms with Crippen LogP contribution in [-0.2, 0) is 16.4 Å². The first-order valence-corrected chi connectivity index (χ1v) is 9.06. The first kappa shape index (κ1) is 16.3. The Balaban J connectivity index is 1.85. The van der Waals surface area contributed by atoms with E-state index in [4.69, 9.17) is 4.42 Å². The number of hydrogen-bond donors (Lipinski definition) is 2. The minimum absolute atomic E-state index is 0.186. The van der Waals surface area contributed by atoms with Gasteiger partial charge in [-0.3, -0.25) is 9.71 Å². The molecular weight excluding hydrogens is 328 g/mol. The zero-order valence-electron chi connectivity index (χ0n) is 13.4. The molecule has 6 nitrogen and oxygen atoms in total. The summed E-state index contributed by atoms with van der Waals surface area (Å²) in [4.78, 5) is 13.8. The molecule has 24 heavy (non-hydrogen) atoms. The van der Waals surface area contributed by atoms with Crippen molar-refractivity contribution in [1.82, 2.24) is 4.98 Å². The van der Waals surface area contributed by atoms with Gasteiger partial charge in [-0.2, -0.15) is 0 Å². The first-order chi connectivity index (χ1) is 11.3. The first-order valence-electron chi connectivity index (χ1n) is 7.58. The lowest BCUT2D eigenvalue weighted by molar-refractivity contribution is 0.555. The van der Waals surface area contributed by atoms with Crippen LogP contribution in [0, 0.1) is 5.92 Å². The Bertz CT molecular complexity index is 1010. The number of aromatic nitrogens is 1. The van der Waals surface area contributed by atoms with Gasteiger partial charge in [0.25, 0.3) is 10.0 Å². The minimum atomic E-state index is -3.70. The highest BCUT2D eigenvalue weighted by molar-refractivity contribution is 7.92. The van der Waals surface area contributed by atoms with Gasteiger partial charge in [0.05, 0.1) is 16.1 Å². The third-order valence-electron chi connectivity index (χ3n) is 3.55. The van der Waals surface area contributed by atoms with Crippen LogP contribution in [0.4, 0.5) is 5.69 Å². The van der Waals surface area contributed by atoms with Crippen molar-refractivity contribution in [2.45, 2.75) is 25.2 Å². The summed E-state index contributed by atoms with van der Waals surface area (Å²) in [6, 6.07) is 11.5. The Morgan fingerprint density at radius 3 is 2.50 bits per heavy atom. The molecule has 0 saturated heterocycles. The van der Waals surface area contributed by atoms with Gasteiger partial charge in [-0.25, -0.2) is 13.2 Å². The Hall–Kier alpha value is -2.54. The number of sulfonamides is 1. The number of anilines is 1. The van der Waals surface area contributed by atoms with Crippen molar-refractivity contribution in [2.75, 3.05) is 4.72 Å². The van der Waals surface area contributed by atoms with Crippen molar-refractivity contribution >= 4 is 26.8 Å². The fourth-order valence-electron chi connectivity index (χ4n) is 2.50. The van der Waals surface area contributed by atoms with Gasteiger partial charge in [0, 0.05) is 6.07 Å². The average Bonchev–Trinajstić information content (AvgIpc) is 2.86. The van der Waals surface area contributed by atoms with E-state index in [2.05, 4.69) is 23.6 Å². The second-order valence-electron chi connectivity index (χ2n) is 6.07. The van der Waals surface area contributed by atoms with Gasteiger partial charge in [-0.1, -0.05) is 26.0 Å². The molecule has 0 fully saturated rings. The average molecular weight is 346 g/mol. The number of fused-ring (bicyclic) bond motifs is 1. The zero-order chi connectivity index (χ0) is 17.3. The van der Waals surface area contributed by atoms with Crippen LogP contribution in [0.15, 0.2) is 56.6 Å². The Labute approximate surface area is 139 Å². The second-order valence-corrected chi connectivity index (χ2v) is 7.76. The van der Waals surface area contributed by atoms with Gasteiger partial charge in [0.15, 0.2) is 5.58 Å². The second kappa shape index (κ2) is 6.16. The molecule has 1 heterocycles. The molecular formula is C17H18N2O4S. The molecule has 3 rings (SSSR count). The number of hydrogen-bond acceptors (Lipinski definition) is 4. The van der Waals surface area contributed by atoms with Gasteiger partial charge in [-0.15, -0.1) is 0 Å². The van der Waals surface area contributed by atoms with Crippen molar-refractivity contribution in [1.29, 1.82) is 0 Å². The van der Waals surface area contributed by atoms with E-state index >= 15 is 0 Å². The lowest BCUT2D eigenvalue weighted by Crippen LogP contribution is -2.13. The Kier molecular flexibility index (Phi) is 4.19. The van der Waals surface area contributed by atoms with E-state index in [-0.39, 0.29) is 4.90 Å². The number of rotatable bonds is 5. The zero-order valence-corrected chi connectivity index (χ0v) is 14.2. The highest BCUT2D eigenvalue weighted by atomic mass is 32.2. The van der Waals surface area contributed by atoms with E-state index in [0.717, 1.165) is 12.0 Å². The van der Waals surface area contributed by atoms with Crippen molar-refractivity contribution < 1.29 is 12.8 Å². The summed E-state index contributed by atoms with van der Waals surface area (Å²) in [6.45, 7) is 4.23.